The lowest BCUT2D eigenvalue weighted by molar-refractivity contribution is -0.137. The van der Waals surface area contributed by atoms with Gasteiger partial charge < -0.3 is 9.47 Å². The number of imidazole rings is 1. The Balaban J connectivity index is 1.60. The van der Waals surface area contributed by atoms with Crippen LogP contribution in [0.25, 0.3) is 11.1 Å². The van der Waals surface area contributed by atoms with Crippen LogP contribution in [-0.4, -0.2) is 23.1 Å². The van der Waals surface area contributed by atoms with E-state index in [4.69, 9.17) is 0 Å². The lowest BCUT2D eigenvalue weighted by Gasteiger charge is -2.20. The van der Waals surface area contributed by atoms with E-state index in [9.17, 15) is 13.2 Å². The maximum absolute atomic E-state index is 12.7. The summed E-state index contributed by atoms with van der Waals surface area (Å²) >= 11 is 0. The first-order chi connectivity index (χ1) is 12.8. The van der Waals surface area contributed by atoms with Crippen LogP contribution in [0.5, 0.6) is 0 Å². The number of aryl methyl sites for hydroxylation is 2. The molecule has 0 saturated heterocycles. The van der Waals surface area contributed by atoms with Gasteiger partial charge in [-0.05, 0) is 48.7 Å². The van der Waals surface area contributed by atoms with Crippen molar-refractivity contribution in [3.63, 3.8) is 0 Å². The molecule has 0 fully saturated rings. The van der Waals surface area contributed by atoms with Crippen LogP contribution in [0.2, 0.25) is 0 Å². The largest absolute Gasteiger partial charge is 0.416 e. The fourth-order valence-electron chi connectivity index (χ4n) is 3.01. The number of nitrogens with zero attached hydrogens (tertiary/aromatic N) is 3. The Labute approximate surface area is 157 Å². The number of rotatable bonds is 6. The van der Waals surface area contributed by atoms with Gasteiger partial charge in [0, 0.05) is 38.2 Å². The van der Waals surface area contributed by atoms with Crippen LogP contribution >= 0.6 is 0 Å². The number of benzene rings is 2. The summed E-state index contributed by atoms with van der Waals surface area (Å²) in [5, 5.41) is 0. The van der Waals surface area contributed by atoms with E-state index in [1.165, 1.54) is 12.1 Å². The zero-order chi connectivity index (χ0) is 19.4. The van der Waals surface area contributed by atoms with E-state index in [1.807, 2.05) is 44.4 Å². The molecule has 1 heterocycles. The number of halogens is 3. The highest BCUT2D eigenvalue weighted by Gasteiger charge is 2.29. The lowest BCUT2D eigenvalue weighted by Crippen LogP contribution is -2.19. The molecule has 0 radical (unpaired) electrons. The lowest BCUT2D eigenvalue weighted by atomic mass is 10.0. The Kier molecular flexibility index (Phi) is 5.54. The molecule has 0 N–H and O–H groups in total. The molecular weight excluding hydrogens is 351 g/mol. The summed E-state index contributed by atoms with van der Waals surface area (Å²) in [6.45, 7) is 3.81. The van der Waals surface area contributed by atoms with Gasteiger partial charge in [0.25, 0.3) is 0 Å². The molecule has 142 valence electrons. The second-order valence-corrected chi connectivity index (χ2v) is 6.56. The minimum Gasteiger partial charge on any atom is -0.375 e. The SMILES string of the molecule is Cc1nccn1CCCN(C)c1ccc(-c2ccc(C(F)(F)F)cc2)cc1. The van der Waals surface area contributed by atoms with Crippen molar-refractivity contribution in [3.05, 3.63) is 72.3 Å². The molecule has 27 heavy (non-hydrogen) atoms. The van der Waals surface area contributed by atoms with E-state index in [2.05, 4.69) is 14.5 Å². The Hall–Kier alpha value is -2.76. The molecule has 3 aromatic rings. The summed E-state index contributed by atoms with van der Waals surface area (Å²) in [6.07, 6.45) is 0.474. The molecule has 0 spiro atoms. The van der Waals surface area contributed by atoms with Crippen LogP contribution in [0.3, 0.4) is 0 Å². The predicted octanol–water partition coefficient (Wildman–Crippen LogP) is 5.40. The fraction of sp³-hybridized carbons (Fsp3) is 0.286. The Bertz CT molecular complexity index is 865. The highest BCUT2D eigenvalue weighted by molar-refractivity contribution is 5.66. The average molecular weight is 373 g/mol. The molecular formula is C21H22F3N3. The third kappa shape index (κ3) is 4.70. The maximum atomic E-state index is 12.7. The zero-order valence-electron chi connectivity index (χ0n) is 15.4. The van der Waals surface area contributed by atoms with Crippen LogP contribution in [0.4, 0.5) is 18.9 Å². The van der Waals surface area contributed by atoms with Gasteiger partial charge in [-0.25, -0.2) is 4.98 Å². The second-order valence-electron chi connectivity index (χ2n) is 6.56. The Morgan fingerprint density at radius 3 is 2.07 bits per heavy atom. The van der Waals surface area contributed by atoms with Crippen LogP contribution in [0.1, 0.15) is 17.8 Å². The summed E-state index contributed by atoms with van der Waals surface area (Å²) in [5.41, 5.74) is 2.12. The van der Waals surface area contributed by atoms with Gasteiger partial charge in [-0.1, -0.05) is 24.3 Å². The molecule has 0 atom stereocenters. The van der Waals surface area contributed by atoms with Gasteiger partial charge in [-0.2, -0.15) is 13.2 Å². The summed E-state index contributed by atoms with van der Waals surface area (Å²) in [5.74, 6) is 1.01. The monoisotopic (exact) mass is 373 g/mol. The molecule has 0 unspecified atom stereocenters. The summed E-state index contributed by atoms with van der Waals surface area (Å²) < 4.78 is 40.1. The molecule has 3 nitrogen and oxygen atoms in total. The van der Waals surface area contributed by atoms with Crippen LogP contribution in [0.15, 0.2) is 60.9 Å². The maximum Gasteiger partial charge on any atom is 0.416 e. The van der Waals surface area contributed by atoms with Gasteiger partial charge >= 0.3 is 6.18 Å². The standard InChI is InChI=1S/C21H22F3N3/c1-16-25-12-15-27(16)14-3-13-26(2)20-10-6-18(7-11-20)17-4-8-19(9-5-17)21(22,23)24/h4-12,15H,3,13-14H2,1-2H3. The van der Waals surface area contributed by atoms with Gasteiger partial charge in [-0.15, -0.1) is 0 Å². The van der Waals surface area contributed by atoms with Crippen molar-refractivity contribution in [3.8, 4) is 11.1 Å². The minimum atomic E-state index is -4.31. The third-order valence-electron chi connectivity index (χ3n) is 4.67. The predicted molar refractivity (Wildman–Crippen MR) is 102 cm³/mol. The molecule has 0 aliphatic carbocycles. The first-order valence-corrected chi connectivity index (χ1v) is 8.81. The summed E-state index contributed by atoms with van der Waals surface area (Å²) in [7, 11) is 2.04. The number of hydrogen-bond acceptors (Lipinski definition) is 2. The van der Waals surface area contributed by atoms with E-state index < -0.39 is 11.7 Å². The van der Waals surface area contributed by atoms with Gasteiger partial charge in [0.2, 0.25) is 0 Å². The highest BCUT2D eigenvalue weighted by Crippen LogP contribution is 2.31. The zero-order valence-corrected chi connectivity index (χ0v) is 15.4. The minimum absolute atomic E-state index is 0.629. The smallest absolute Gasteiger partial charge is 0.375 e. The Morgan fingerprint density at radius 1 is 0.963 bits per heavy atom. The Morgan fingerprint density at radius 2 is 1.56 bits per heavy atom. The molecule has 0 bridgehead atoms. The van der Waals surface area contributed by atoms with Crippen LogP contribution in [0, 0.1) is 6.92 Å². The van der Waals surface area contributed by atoms with Crippen molar-refractivity contribution in [2.75, 3.05) is 18.5 Å². The summed E-state index contributed by atoms with van der Waals surface area (Å²) in [6, 6.07) is 13.1. The van der Waals surface area contributed by atoms with E-state index in [0.29, 0.717) is 0 Å². The highest BCUT2D eigenvalue weighted by atomic mass is 19.4. The molecule has 3 rings (SSSR count). The first-order valence-electron chi connectivity index (χ1n) is 8.81. The molecule has 2 aromatic carbocycles. The van der Waals surface area contributed by atoms with Gasteiger partial charge in [0.05, 0.1) is 5.56 Å². The van der Waals surface area contributed by atoms with E-state index >= 15 is 0 Å². The van der Waals surface area contributed by atoms with Crippen molar-refractivity contribution < 1.29 is 13.2 Å². The van der Waals surface area contributed by atoms with Crippen LogP contribution in [-0.2, 0) is 12.7 Å². The normalized spacial score (nSPS) is 11.6. The van der Waals surface area contributed by atoms with E-state index in [-0.39, 0.29) is 0 Å². The number of aromatic nitrogens is 2. The van der Waals surface area contributed by atoms with Crippen LogP contribution < -0.4 is 4.90 Å². The molecule has 0 aliphatic rings. The average Bonchev–Trinajstić information content (AvgIpc) is 3.06. The van der Waals surface area contributed by atoms with Gasteiger partial charge in [0.1, 0.15) is 5.82 Å². The third-order valence-corrected chi connectivity index (χ3v) is 4.67. The molecule has 0 aliphatic heterocycles. The quantitative estimate of drug-likeness (QED) is 0.577. The first kappa shape index (κ1) is 19.0. The van der Waals surface area contributed by atoms with Crippen molar-refractivity contribution in [2.45, 2.75) is 26.1 Å². The second kappa shape index (κ2) is 7.86. The van der Waals surface area contributed by atoms with E-state index in [0.717, 1.165) is 54.3 Å². The van der Waals surface area contributed by atoms with E-state index in [1.54, 1.807) is 6.20 Å². The van der Waals surface area contributed by atoms with Gasteiger partial charge in [-0.3, -0.25) is 0 Å². The fourth-order valence-corrected chi connectivity index (χ4v) is 3.01. The van der Waals surface area contributed by atoms with Crippen molar-refractivity contribution in [1.82, 2.24) is 9.55 Å². The molecule has 0 saturated carbocycles. The topological polar surface area (TPSA) is 21.1 Å². The van der Waals surface area contributed by atoms with Crippen molar-refractivity contribution in [2.24, 2.45) is 0 Å². The van der Waals surface area contributed by atoms with Crippen molar-refractivity contribution >= 4 is 5.69 Å². The summed E-state index contributed by atoms with van der Waals surface area (Å²) in [4.78, 5) is 6.39. The molecule has 0 amide bonds. The van der Waals surface area contributed by atoms with Crippen molar-refractivity contribution in [1.29, 1.82) is 0 Å². The molecule has 1 aromatic heterocycles. The van der Waals surface area contributed by atoms with Gasteiger partial charge in [0.15, 0.2) is 0 Å². The number of hydrogen-bond donors (Lipinski definition) is 0. The number of anilines is 1. The number of alkyl halides is 3. The molecule has 6 heteroatoms.